The van der Waals surface area contributed by atoms with E-state index in [2.05, 4.69) is 14.9 Å². The number of nitrogens with zero attached hydrogens (tertiary/aromatic N) is 3. The largest absolute Gasteiger partial charge is 0.396 e. The lowest BCUT2D eigenvalue weighted by atomic mass is 9.95. The fourth-order valence-electron chi connectivity index (χ4n) is 2.62. The fraction of sp³-hybridized carbons (Fsp3) is 0.692. The molecule has 0 saturated carbocycles. The predicted molar refractivity (Wildman–Crippen MR) is 72.6 cm³/mol. The lowest BCUT2D eigenvalue weighted by Gasteiger charge is -2.34. The maximum atomic E-state index is 9.05. The van der Waals surface area contributed by atoms with Gasteiger partial charge >= 0.3 is 0 Å². The third-order valence-electron chi connectivity index (χ3n) is 3.63. The molecule has 0 aliphatic carbocycles. The van der Waals surface area contributed by atoms with Crippen molar-refractivity contribution in [3.05, 3.63) is 11.4 Å². The van der Waals surface area contributed by atoms with Crippen LogP contribution in [0.5, 0.6) is 0 Å². The van der Waals surface area contributed by atoms with Gasteiger partial charge in [0.2, 0.25) is 0 Å². The van der Waals surface area contributed by atoms with Gasteiger partial charge in [0.15, 0.2) is 0 Å². The minimum Gasteiger partial charge on any atom is -0.396 e. The molecule has 0 amide bonds. The van der Waals surface area contributed by atoms with Gasteiger partial charge in [-0.05, 0) is 39.0 Å². The van der Waals surface area contributed by atoms with Crippen LogP contribution in [0.4, 0.5) is 11.6 Å². The van der Waals surface area contributed by atoms with Gasteiger partial charge in [-0.25, -0.2) is 9.97 Å². The first kappa shape index (κ1) is 13.1. The van der Waals surface area contributed by atoms with Crippen LogP contribution in [0.25, 0.3) is 0 Å². The molecule has 0 radical (unpaired) electrons. The Hall–Kier alpha value is -1.36. The molecular weight excluding hydrogens is 228 g/mol. The molecule has 2 heterocycles. The highest BCUT2D eigenvalue weighted by molar-refractivity contribution is 5.56. The number of rotatable bonds is 3. The summed E-state index contributed by atoms with van der Waals surface area (Å²) >= 11 is 0. The van der Waals surface area contributed by atoms with Crippen molar-refractivity contribution < 1.29 is 5.11 Å². The molecule has 100 valence electrons. The van der Waals surface area contributed by atoms with Crippen molar-refractivity contribution in [3.8, 4) is 0 Å². The average molecular weight is 250 g/mol. The molecule has 1 aromatic heterocycles. The highest BCUT2D eigenvalue weighted by atomic mass is 16.3. The molecule has 1 atom stereocenters. The highest BCUT2D eigenvalue weighted by Gasteiger charge is 2.22. The van der Waals surface area contributed by atoms with E-state index >= 15 is 0 Å². The number of aliphatic hydroxyl groups is 1. The normalized spacial score (nSPS) is 20.2. The summed E-state index contributed by atoms with van der Waals surface area (Å²) in [6.07, 6.45) is 3.21. The fourth-order valence-corrected chi connectivity index (χ4v) is 2.62. The number of nitrogens with two attached hydrogens (primary N) is 1. The van der Waals surface area contributed by atoms with Crippen LogP contribution in [0.2, 0.25) is 0 Å². The minimum atomic E-state index is 0.266. The van der Waals surface area contributed by atoms with E-state index in [9.17, 15) is 0 Å². The molecule has 1 aromatic rings. The van der Waals surface area contributed by atoms with Crippen LogP contribution in [0, 0.1) is 19.8 Å². The summed E-state index contributed by atoms with van der Waals surface area (Å²) in [5.74, 6) is 2.81. The van der Waals surface area contributed by atoms with Gasteiger partial charge in [-0.3, -0.25) is 0 Å². The van der Waals surface area contributed by atoms with Gasteiger partial charge in [0.05, 0.1) is 0 Å². The van der Waals surface area contributed by atoms with Crippen LogP contribution in [-0.2, 0) is 0 Å². The summed E-state index contributed by atoms with van der Waals surface area (Å²) in [5.41, 5.74) is 6.87. The number of nitrogen functional groups attached to an aromatic ring is 1. The van der Waals surface area contributed by atoms with Crippen LogP contribution in [-0.4, -0.2) is 34.8 Å². The summed E-state index contributed by atoms with van der Waals surface area (Å²) in [6.45, 7) is 6.08. The first-order valence-corrected chi connectivity index (χ1v) is 6.58. The van der Waals surface area contributed by atoms with Crippen LogP contribution < -0.4 is 10.6 Å². The van der Waals surface area contributed by atoms with Gasteiger partial charge in [-0.15, -0.1) is 0 Å². The number of anilines is 2. The molecule has 5 heteroatoms. The SMILES string of the molecule is Cc1nc(N)c(C)c(N2CCCC(CCO)C2)n1. The first-order valence-electron chi connectivity index (χ1n) is 6.58. The molecule has 18 heavy (non-hydrogen) atoms. The second-order valence-electron chi connectivity index (χ2n) is 5.07. The van der Waals surface area contributed by atoms with Crippen molar-refractivity contribution in [1.29, 1.82) is 0 Å². The van der Waals surface area contributed by atoms with Crippen LogP contribution >= 0.6 is 0 Å². The van der Waals surface area contributed by atoms with Crippen molar-refractivity contribution in [2.24, 2.45) is 5.92 Å². The average Bonchev–Trinajstić information content (AvgIpc) is 2.34. The monoisotopic (exact) mass is 250 g/mol. The molecule has 1 aliphatic heterocycles. The van der Waals surface area contributed by atoms with E-state index in [1.807, 2.05) is 13.8 Å². The van der Waals surface area contributed by atoms with Crippen LogP contribution in [0.1, 0.15) is 30.7 Å². The van der Waals surface area contributed by atoms with Crippen molar-refractivity contribution in [2.75, 3.05) is 30.3 Å². The smallest absolute Gasteiger partial charge is 0.137 e. The Kier molecular flexibility index (Phi) is 4.01. The quantitative estimate of drug-likeness (QED) is 0.845. The van der Waals surface area contributed by atoms with Gasteiger partial charge in [0.1, 0.15) is 17.5 Å². The molecule has 1 unspecified atom stereocenters. The van der Waals surface area contributed by atoms with Gasteiger partial charge in [0, 0.05) is 25.3 Å². The Balaban J connectivity index is 2.20. The lowest BCUT2D eigenvalue weighted by Crippen LogP contribution is -2.37. The zero-order valence-corrected chi connectivity index (χ0v) is 11.2. The maximum Gasteiger partial charge on any atom is 0.137 e. The lowest BCUT2D eigenvalue weighted by molar-refractivity contribution is 0.244. The molecule has 3 N–H and O–H groups in total. The topological polar surface area (TPSA) is 75.3 Å². The summed E-state index contributed by atoms with van der Waals surface area (Å²) in [4.78, 5) is 11.0. The van der Waals surface area contributed by atoms with E-state index in [1.54, 1.807) is 0 Å². The van der Waals surface area contributed by atoms with Crippen molar-refractivity contribution in [2.45, 2.75) is 33.1 Å². The van der Waals surface area contributed by atoms with Gasteiger partial charge in [-0.1, -0.05) is 0 Å². The number of hydrogen-bond acceptors (Lipinski definition) is 5. The van der Waals surface area contributed by atoms with E-state index in [-0.39, 0.29) is 6.61 Å². The molecule has 0 bridgehead atoms. The summed E-state index contributed by atoms with van der Waals surface area (Å²) in [6, 6.07) is 0. The van der Waals surface area contributed by atoms with E-state index < -0.39 is 0 Å². The molecule has 5 nitrogen and oxygen atoms in total. The Bertz CT molecular complexity index is 420. The highest BCUT2D eigenvalue weighted by Crippen LogP contribution is 2.27. The minimum absolute atomic E-state index is 0.266. The van der Waals surface area contributed by atoms with Crippen LogP contribution in [0.15, 0.2) is 0 Å². The molecule has 0 aromatic carbocycles. The Labute approximate surface area is 108 Å². The van der Waals surface area contributed by atoms with E-state index in [0.717, 1.165) is 43.1 Å². The van der Waals surface area contributed by atoms with E-state index in [0.29, 0.717) is 11.7 Å². The third-order valence-corrected chi connectivity index (χ3v) is 3.63. The zero-order valence-electron chi connectivity index (χ0n) is 11.2. The number of hydrogen-bond donors (Lipinski definition) is 2. The van der Waals surface area contributed by atoms with E-state index in [1.165, 1.54) is 6.42 Å². The number of piperidine rings is 1. The molecule has 1 aliphatic rings. The first-order chi connectivity index (χ1) is 8.61. The molecule has 0 spiro atoms. The molecular formula is C13H22N4O. The molecule has 2 rings (SSSR count). The Morgan fingerprint density at radius 1 is 1.39 bits per heavy atom. The van der Waals surface area contributed by atoms with Gasteiger partial charge < -0.3 is 15.7 Å². The molecule has 1 fully saturated rings. The van der Waals surface area contributed by atoms with Gasteiger partial charge in [-0.2, -0.15) is 0 Å². The maximum absolute atomic E-state index is 9.05. The second-order valence-corrected chi connectivity index (χ2v) is 5.07. The van der Waals surface area contributed by atoms with Crippen molar-refractivity contribution >= 4 is 11.6 Å². The number of aryl methyl sites for hydroxylation is 1. The summed E-state index contributed by atoms with van der Waals surface area (Å²) in [5, 5.41) is 9.05. The Morgan fingerprint density at radius 2 is 2.17 bits per heavy atom. The summed E-state index contributed by atoms with van der Waals surface area (Å²) < 4.78 is 0. The Morgan fingerprint density at radius 3 is 2.89 bits per heavy atom. The standard InChI is InChI=1S/C13H22N4O/c1-9-12(14)15-10(2)16-13(9)17-6-3-4-11(8-17)5-7-18/h11,18H,3-8H2,1-2H3,(H2,14,15,16). The zero-order chi connectivity index (χ0) is 13.1. The van der Waals surface area contributed by atoms with Crippen molar-refractivity contribution in [3.63, 3.8) is 0 Å². The van der Waals surface area contributed by atoms with Gasteiger partial charge in [0.25, 0.3) is 0 Å². The van der Waals surface area contributed by atoms with Crippen molar-refractivity contribution in [1.82, 2.24) is 9.97 Å². The third kappa shape index (κ3) is 2.72. The summed E-state index contributed by atoms with van der Waals surface area (Å²) in [7, 11) is 0. The molecule has 1 saturated heterocycles. The number of aliphatic hydroxyl groups excluding tert-OH is 1. The van der Waals surface area contributed by atoms with Crippen LogP contribution in [0.3, 0.4) is 0 Å². The predicted octanol–water partition coefficient (Wildman–Crippen LogP) is 1.27. The van der Waals surface area contributed by atoms with E-state index in [4.69, 9.17) is 10.8 Å². The second kappa shape index (κ2) is 5.52. The number of aromatic nitrogens is 2.